The molecule has 0 aliphatic carbocycles. The Hall–Kier alpha value is -1.13. The van der Waals surface area contributed by atoms with Crippen molar-refractivity contribution in [2.24, 2.45) is 0 Å². The molecule has 1 heterocycles. The smallest absolute Gasteiger partial charge is 0.146 e. The molecule has 0 spiro atoms. The van der Waals surface area contributed by atoms with E-state index in [0.717, 1.165) is 0 Å². The summed E-state index contributed by atoms with van der Waals surface area (Å²) in [7, 11) is 0. The number of aliphatic hydroxyl groups excluding tert-OH is 1. The van der Waals surface area contributed by atoms with Gasteiger partial charge < -0.3 is 14.7 Å². The topological polar surface area (TPSA) is 32.7 Å². The fraction of sp³-hybridized carbons (Fsp3) is 0.538. The SMILES string of the molecule is CC1(C)COCCN1c1ccc(CO)cc1F. The Balaban J connectivity index is 2.32. The van der Waals surface area contributed by atoms with Crippen LogP contribution in [0, 0.1) is 5.82 Å². The van der Waals surface area contributed by atoms with Crippen molar-refractivity contribution in [3.8, 4) is 0 Å². The molecule has 1 N–H and O–H groups in total. The molecule has 0 saturated carbocycles. The predicted octanol–water partition coefficient (Wildman–Crippen LogP) is 1.93. The number of morpholine rings is 1. The third-order valence-electron chi connectivity index (χ3n) is 3.13. The fourth-order valence-electron chi connectivity index (χ4n) is 2.17. The van der Waals surface area contributed by atoms with E-state index in [0.29, 0.717) is 31.0 Å². The summed E-state index contributed by atoms with van der Waals surface area (Å²) in [6.07, 6.45) is 0. The molecule has 1 aromatic rings. The lowest BCUT2D eigenvalue weighted by Crippen LogP contribution is -2.53. The maximum absolute atomic E-state index is 14.0. The van der Waals surface area contributed by atoms with Gasteiger partial charge in [-0.25, -0.2) is 4.39 Å². The molecule has 0 bridgehead atoms. The molecule has 4 heteroatoms. The van der Waals surface area contributed by atoms with E-state index < -0.39 is 0 Å². The molecule has 3 nitrogen and oxygen atoms in total. The molecule has 1 aliphatic heterocycles. The quantitative estimate of drug-likeness (QED) is 0.856. The lowest BCUT2D eigenvalue weighted by Gasteiger charge is -2.43. The van der Waals surface area contributed by atoms with Crippen LogP contribution < -0.4 is 4.90 Å². The predicted molar refractivity (Wildman–Crippen MR) is 64.6 cm³/mol. The van der Waals surface area contributed by atoms with Crippen LogP contribution in [0.3, 0.4) is 0 Å². The number of hydrogen-bond acceptors (Lipinski definition) is 3. The van der Waals surface area contributed by atoms with E-state index in [4.69, 9.17) is 9.84 Å². The number of ether oxygens (including phenoxy) is 1. The van der Waals surface area contributed by atoms with E-state index in [1.54, 1.807) is 12.1 Å². The highest BCUT2D eigenvalue weighted by molar-refractivity contribution is 5.51. The first-order chi connectivity index (χ1) is 8.04. The van der Waals surface area contributed by atoms with Gasteiger partial charge in [0.25, 0.3) is 0 Å². The Morgan fingerprint density at radius 3 is 2.82 bits per heavy atom. The van der Waals surface area contributed by atoms with Crippen LogP contribution in [0.5, 0.6) is 0 Å². The van der Waals surface area contributed by atoms with Gasteiger partial charge in [0.2, 0.25) is 0 Å². The average molecular weight is 239 g/mol. The van der Waals surface area contributed by atoms with E-state index in [9.17, 15) is 4.39 Å². The number of aliphatic hydroxyl groups is 1. The van der Waals surface area contributed by atoms with Crippen LogP contribution in [0.15, 0.2) is 18.2 Å². The Morgan fingerprint density at radius 2 is 2.24 bits per heavy atom. The third kappa shape index (κ3) is 2.42. The van der Waals surface area contributed by atoms with Crippen molar-refractivity contribution >= 4 is 5.69 Å². The summed E-state index contributed by atoms with van der Waals surface area (Å²) in [5.41, 5.74) is 0.965. The summed E-state index contributed by atoms with van der Waals surface area (Å²) in [4.78, 5) is 2.02. The second-order valence-corrected chi connectivity index (χ2v) is 4.96. The van der Waals surface area contributed by atoms with Gasteiger partial charge in [-0.1, -0.05) is 6.07 Å². The van der Waals surface area contributed by atoms with E-state index in [2.05, 4.69) is 0 Å². The van der Waals surface area contributed by atoms with Crippen molar-refractivity contribution in [3.05, 3.63) is 29.6 Å². The normalized spacial score (nSPS) is 19.4. The molecule has 0 atom stereocenters. The van der Waals surface area contributed by atoms with Crippen molar-refractivity contribution in [1.82, 2.24) is 0 Å². The van der Waals surface area contributed by atoms with Crippen LogP contribution in [0.4, 0.5) is 10.1 Å². The molecule has 17 heavy (non-hydrogen) atoms. The Morgan fingerprint density at radius 1 is 1.47 bits per heavy atom. The highest BCUT2D eigenvalue weighted by Crippen LogP contribution is 2.29. The van der Waals surface area contributed by atoms with Crippen LogP contribution in [-0.4, -0.2) is 30.4 Å². The van der Waals surface area contributed by atoms with Gasteiger partial charge in [-0.2, -0.15) is 0 Å². The van der Waals surface area contributed by atoms with Crippen molar-refractivity contribution < 1.29 is 14.2 Å². The number of benzene rings is 1. The zero-order chi connectivity index (χ0) is 12.5. The molecule has 0 unspecified atom stereocenters. The number of halogens is 1. The van der Waals surface area contributed by atoms with Gasteiger partial charge in [0, 0.05) is 6.54 Å². The lowest BCUT2D eigenvalue weighted by atomic mass is 10.0. The molecule has 94 valence electrons. The van der Waals surface area contributed by atoms with Gasteiger partial charge in [0.15, 0.2) is 0 Å². The zero-order valence-electron chi connectivity index (χ0n) is 10.2. The molecule has 1 aliphatic rings. The highest BCUT2D eigenvalue weighted by atomic mass is 19.1. The van der Waals surface area contributed by atoms with Crippen molar-refractivity contribution in [2.45, 2.75) is 26.0 Å². The van der Waals surface area contributed by atoms with Crippen LogP contribution in [0.2, 0.25) is 0 Å². The Bertz CT molecular complexity index is 406. The number of nitrogens with zero attached hydrogens (tertiary/aromatic N) is 1. The number of hydrogen-bond donors (Lipinski definition) is 1. The summed E-state index contributed by atoms with van der Waals surface area (Å²) >= 11 is 0. The molecular weight excluding hydrogens is 221 g/mol. The first-order valence-corrected chi connectivity index (χ1v) is 5.79. The van der Waals surface area contributed by atoms with Gasteiger partial charge in [-0.05, 0) is 31.5 Å². The number of rotatable bonds is 2. The molecule has 0 amide bonds. The third-order valence-corrected chi connectivity index (χ3v) is 3.13. The Kier molecular flexibility index (Phi) is 3.35. The van der Waals surface area contributed by atoms with Crippen LogP contribution in [0.25, 0.3) is 0 Å². The minimum atomic E-state index is -0.286. The van der Waals surface area contributed by atoms with Crippen molar-refractivity contribution in [3.63, 3.8) is 0 Å². The molecule has 1 fully saturated rings. The second-order valence-electron chi connectivity index (χ2n) is 4.96. The monoisotopic (exact) mass is 239 g/mol. The van der Waals surface area contributed by atoms with E-state index >= 15 is 0 Å². The largest absolute Gasteiger partial charge is 0.392 e. The van der Waals surface area contributed by atoms with E-state index in [1.807, 2.05) is 18.7 Å². The average Bonchev–Trinajstić information content (AvgIpc) is 2.29. The minimum Gasteiger partial charge on any atom is -0.392 e. The van der Waals surface area contributed by atoms with Gasteiger partial charge in [-0.3, -0.25) is 0 Å². The molecule has 1 aromatic carbocycles. The van der Waals surface area contributed by atoms with Crippen LogP contribution in [-0.2, 0) is 11.3 Å². The minimum absolute atomic E-state index is 0.135. The molecule has 2 rings (SSSR count). The summed E-state index contributed by atoms with van der Waals surface area (Å²) in [6.45, 7) is 5.82. The zero-order valence-corrected chi connectivity index (χ0v) is 10.2. The van der Waals surface area contributed by atoms with Crippen LogP contribution in [0.1, 0.15) is 19.4 Å². The van der Waals surface area contributed by atoms with E-state index in [-0.39, 0.29) is 18.0 Å². The van der Waals surface area contributed by atoms with Gasteiger partial charge in [0.1, 0.15) is 5.82 Å². The maximum atomic E-state index is 14.0. The summed E-state index contributed by atoms with van der Waals surface area (Å²) in [5, 5.41) is 8.97. The lowest BCUT2D eigenvalue weighted by molar-refractivity contribution is 0.0640. The summed E-state index contributed by atoms with van der Waals surface area (Å²) in [5.74, 6) is -0.286. The maximum Gasteiger partial charge on any atom is 0.146 e. The van der Waals surface area contributed by atoms with Gasteiger partial charge in [-0.15, -0.1) is 0 Å². The van der Waals surface area contributed by atoms with Crippen molar-refractivity contribution in [1.29, 1.82) is 0 Å². The second kappa shape index (κ2) is 4.63. The van der Waals surface area contributed by atoms with Crippen molar-refractivity contribution in [2.75, 3.05) is 24.7 Å². The molecular formula is C13H18FNO2. The first kappa shape index (κ1) is 12.3. The Labute approximate surface area is 101 Å². The van der Waals surface area contributed by atoms with Crippen LogP contribution >= 0.6 is 0 Å². The molecule has 0 aromatic heterocycles. The molecule has 0 radical (unpaired) electrons. The first-order valence-electron chi connectivity index (χ1n) is 5.79. The fourth-order valence-corrected chi connectivity index (χ4v) is 2.17. The van der Waals surface area contributed by atoms with Gasteiger partial charge in [0.05, 0.1) is 31.0 Å². The summed E-state index contributed by atoms with van der Waals surface area (Å²) < 4.78 is 19.4. The molecule has 1 saturated heterocycles. The highest BCUT2D eigenvalue weighted by Gasteiger charge is 2.32. The standard InChI is InChI=1S/C13H18FNO2/c1-13(2)9-17-6-5-15(13)12-4-3-10(8-16)7-11(12)14/h3-4,7,16H,5-6,8-9H2,1-2H3. The van der Waals surface area contributed by atoms with E-state index in [1.165, 1.54) is 6.07 Å². The van der Waals surface area contributed by atoms with Gasteiger partial charge >= 0.3 is 0 Å². The number of anilines is 1. The summed E-state index contributed by atoms with van der Waals surface area (Å²) in [6, 6.07) is 4.87.